The van der Waals surface area contributed by atoms with Gasteiger partial charge in [0.25, 0.3) is 0 Å². The number of methoxy groups -OCH3 is 2. The SMILES string of the molecule is COc1ccc(N2CC(C(=O)NCC3(N4CCSCC4)CCCC3)CC2=O)cc1OC. The molecular weight excluding hydrogens is 414 g/mol. The number of ether oxygens (including phenoxy) is 2. The molecule has 2 amide bonds. The maximum atomic E-state index is 13.0. The highest BCUT2D eigenvalue weighted by Crippen LogP contribution is 2.37. The van der Waals surface area contributed by atoms with E-state index in [2.05, 4.69) is 10.2 Å². The van der Waals surface area contributed by atoms with Crippen LogP contribution in [0.4, 0.5) is 5.69 Å². The van der Waals surface area contributed by atoms with Gasteiger partial charge in [0.15, 0.2) is 11.5 Å². The molecule has 3 aliphatic rings. The first-order valence-corrected chi connectivity index (χ1v) is 12.3. The molecule has 1 atom stereocenters. The van der Waals surface area contributed by atoms with Gasteiger partial charge in [-0.15, -0.1) is 0 Å². The molecule has 2 saturated heterocycles. The van der Waals surface area contributed by atoms with Crippen LogP contribution in [0.5, 0.6) is 11.5 Å². The zero-order valence-electron chi connectivity index (χ0n) is 18.5. The predicted octanol–water partition coefficient (Wildman–Crippen LogP) is 2.53. The summed E-state index contributed by atoms with van der Waals surface area (Å²) in [6.45, 7) is 3.30. The van der Waals surface area contributed by atoms with Gasteiger partial charge in [-0.05, 0) is 25.0 Å². The Morgan fingerprint density at radius 2 is 1.87 bits per heavy atom. The van der Waals surface area contributed by atoms with Crippen molar-refractivity contribution in [3.63, 3.8) is 0 Å². The molecule has 4 rings (SSSR count). The molecule has 2 heterocycles. The summed E-state index contributed by atoms with van der Waals surface area (Å²) in [6, 6.07) is 5.41. The number of carbonyl (C=O) groups excluding carboxylic acids is 2. The van der Waals surface area contributed by atoms with Gasteiger partial charge in [0.1, 0.15) is 0 Å². The third-order valence-electron chi connectivity index (χ3n) is 6.98. The third kappa shape index (κ3) is 4.65. The van der Waals surface area contributed by atoms with Crippen molar-refractivity contribution < 1.29 is 19.1 Å². The summed E-state index contributed by atoms with van der Waals surface area (Å²) in [5.41, 5.74) is 0.832. The molecule has 1 saturated carbocycles. The summed E-state index contributed by atoms with van der Waals surface area (Å²) in [6.07, 6.45) is 5.01. The number of benzene rings is 1. The van der Waals surface area contributed by atoms with Crippen molar-refractivity contribution >= 4 is 29.3 Å². The molecule has 1 aliphatic carbocycles. The van der Waals surface area contributed by atoms with Crippen LogP contribution < -0.4 is 19.7 Å². The molecule has 1 aromatic carbocycles. The van der Waals surface area contributed by atoms with Crippen molar-refractivity contribution in [1.29, 1.82) is 0 Å². The van der Waals surface area contributed by atoms with E-state index in [1.165, 1.54) is 24.3 Å². The second kappa shape index (κ2) is 9.69. The zero-order valence-corrected chi connectivity index (χ0v) is 19.3. The van der Waals surface area contributed by atoms with Crippen LogP contribution >= 0.6 is 11.8 Å². The van der Waals surface area contributed by atoms with E-state index in [1.54, 1.807) is 31.3 Å². The lowest BCUT2D eigenvalue weighted by molar-refractivity contribution is -0.126. The highest BCUT2D eigenvalue weighted by molar-refractivity contribution is 7.99. The van der Waals surface area contributed by atoms with Crippen molar-refractivity contribution in [2.75, 3.05) is 56.8 Å². The summed E-state index contributed by atoms with van der Waals surface area (Å²) in [4.78, 5) is 30.0. The van der Waals surface area contributed by atoms with E-state index in [9.17, 15) is 9.59 Å². The molecule has 0 spiro atoms. The Morgan fingerprint density at radius 1 is 1.16 bits per heavy atom. The normalized spacial score (nSPS) is 23.7. The predicted molar refractivity (Wildman–Crippen MR) is 123 cm³/mol. The summed E-state index contributed by atoms with van der Waals surface area (Å²) in [5.74, 6) is 3.18. The van der Waals surface area contributed by atoms with Crippen LogP contribution in [0.2, 0.25) is 0 Å². The quantitative estimate of drug-likeness (QED) is 0.693. The van der Waals surface area contributed by atoms with E-state index in [4.69, 9.17) is 9.47 Å². The van der Waals surface area contributed by atoms with Crippen molar-refractivity contribution in [2.24, 2.45) is 5.92 Å². The number of hydrogen-bond acceptors (Lipinski definition) is 6. The average Bonchev–Trinajstić information content (AvgIpc) is 3.45. The summed E-state index contributed by atoms with van der Waals surface area (Å²) in [5, 5.41) is 3.23. The van der Waals surface area contributed by atoms with Crippen molar-refractivity contribution in [2.45, 2.75) is 37.6 Å². The van der Waals surface area contributed by atoms with Gasteiger partial charge in [-0.2, -0.15) is 11.8 Å². The number of thioether (sulfide) groups is 1. The van der Waals surface area contributed by atoms with Gasteiger partial charge in [0, 0.05) is 61.4 Å². The molecule has 170 valence electrons. The number of hydrogen-bond donors (Lipinski definition) is 1. The minimum atomic E-state index is -0.323. The molecule has 7 nitrogen and oxygen atoms in total. The van der Waals surface area contributed by atoms with E-state index in [1.807, 2.05) is 17.8 Å². The monoisotopic (exact) mass is 447 g/mol. The van der Waals surface area contributed by atoms with Crippen molar-refractivity contribution in [3.05, 3.63) is 18.2 Å². The van der Waals surface area contributed by atoms with Crippen LogP contribution in [-0.2, 0) is 9.59 Å². The van der Waals surface area contributed by atoms with Crippen molar-refractivity contribution in [1.82, 2.24) is 10.2 Å². The lowest BCUT2D eigenvalue weighted by Gasteiger charge is -2.43. The van der Waals surface area contributed by atoms with Crippen molar-refractivity contribution in [3.8, 4) is 11.5 Å². The summed E-state index contributed by atoms with van der Waals surface area (Å²) in [7, 11) is 3.16. The Labute approximate surface area is 188 Å². The van der Waals surface area contributed by atoms with Crippen LogP contribution in [0.3, 0.4) is 0 Å². The highest BCUT2D eigenvalue weighted by atomic mass is 32.2. The molecule has 1 aromatic rings. The number of rotatable bonds is 7. The van der Waals surface area contributed by atoms with Gasteiger partial charge in [-0.1, -0.05) is 12.8 Å². The first kappa shape index (κ1) is 22.3. The Balaban J connectivity index is 1.39. The molecule has 2 aliphatic heterocycles. The fraction of sp³-hybridized carbons (Fsp3) is 0.652. The second-order valence-corrected chi connectivity index (χ2v) is 9.92. The fourth-order valence-corrected chi connectivity index (χ4v) is 6.10. The Bertz CT molecular complexity index is 806. The van der Waals surface area contributed by atoms with Gasteiger partial charge in [0.05, 0.1) is 20.1 Å². The molecule has 0 aromatic heterocycles. The lowest BCUT2D eigenvalue weighted by atomic mass is 9.94. The summed E-state index contributed by atoms with van der Waals surface area (Å²) < 4.78 is 10.6. The molecule has 0 radical (unpaired) electrons. The molecule has 8 heteroatoms. The second-order valence-electron chi connectivity index (χ2n) is 8.69. The minimum absolute atomic E-state index is 0.00557. The highest BCUT2D eigenvalue weighted by Gasteiger charge is 2.41. The number of nitrogens with zero attached hydrogens (tertiary/aromatic N) is 2. The molecule has 1 unspecified atom stereocenters. The fourth-order valence-electron chi connectivity index (χ4n) is 5.20. The van der Waals surface area contributed by atoms with Gasteiger partial charge in [-0.3, -0.25) is 14.5 Å². The maximum absolute atomic E-state index is 13.0. The average molecular weight is 448 g/mol. The number of nitrogens with one attached hydrogen (secondary N) is 1. The molecule has 3 fully saturated rings. The van der Waals surface area contributed by atoms with E-state index >= 15 is 0 Å². The van der Waals surface area contributed by atoms with Crippen LogP contribution in [-0.4, -0.2) is 74.2 Å². The molecule has 0 bridgehead atoms. The smallest absolute Gasteiger partial charge is 0.227 e. The van der Waals surface area contributed by atoms with E-state index in [-0.39, 0.29) is 29.7 Å². The Kier molecular flexibility index (Phi) is 6.96. The van der Waals surface area contributed by atoms with E-state index in [0.29, 0.717) is 24.6 Å². The van der Waals surface area contributed by atoms with Crippen LogP contribution in [0, 0.1) is 5.92 Å². The molecular formula is C23H33N3O4S. The minimum Gasteiger partial charge on any atom is -0.493 e. The first-order valence-electron chi connectivity index (χ1n) is 11.2. The Morgan fingerprint density at radius 3 is 2.55 bits per heavy atom. The topological polar surface area (TPSA) is 71.1 Å². The first-order chi connectivity index (χ1) is 15.1. The van der Waals surface area contributed by atoms with Crippen LogP contribution in [0.25, 0.3) is 0 Å². The zero-order chi connectivity index (χ0) is 21.8. The number of carbonyl (C=O) groups is 2. The standard InChI is InChI=1S/C23H33N3O4S/c1-29-19-6-5-18(14-20(19)30-2)26-15-17(13-21(26)27)22(28)24-16-23(7-3-4-8-23)25-9-11-31-12-10-25/h5-6,14,17H,3-4,7-13,15-16H2,1-2H3,(H,24,28). The number of anilines is 1. The van der Waals surface area contributed by atoms with Crippen LogP contribution in [0.1, 0.15) is 32.1 Å². The molecule has 1 N–H and O–H groups in total. The van der Waals surface area contributed by atoms with Gasteiger partial charge in [-0.25, -0.2) is 0 Å². The van der Waals surface area contributed by atoms with E-state index in [0.717, 1.165) is 31.6 Å². The Hall–Kier alpha value is -1.93. The number of amides is 2. The summed E-state index contributed by atoms with van der Waals surface area (Å²) >= 11 is 2.02. The molecule has 31 heavy (non-hydrogen) atoms. The van der Waals surface area contributed by atoms with Gasteiger partial charge >= 0.3 is 0 Å². The van der Waals surface area contributed by atoms with Gasteiger partial charge in [0.2, 0.25) is 11.8 Å². The lowest BCUT2D eigenvalue weighted by Crippen LogP contribution is -2.57. The van der Waals surface area contributed by atoms with Crippen LogP contribution in [0.15, 0.2) is 18.2 Å². The largest absolute Gasteiger partial charge is 0.493 e. The maximum Gasteiger partial charge on any atom is 0.227 e. The van der Waals surface area contributed by atoms with E-state index < -0.39 is 0 Å². The third-order valence-corrected chi connectivity index (χ3v) is 7.92. The van der Waals surface area contributed by atoms with Gasteiger partial charge < -0.3 is 19.7 Å².